The predicted octanol–water partition coefficient (Wildman–Crippen LogP) is 3.33. The second-order valence-electron chi connectivity index (χ2n) is 6.47. The number of pyridine rings is 1. The largest absolute Gasteiger partial charge is 0.361 e. The van der Waals surface area contributed by atoms with E-state index in [-0.39, 0.29) is 0 Å². The molecule has 0 atom stereocenters. The summed E-state index contributed by atoms with van der Waals surface area (Å²) in [4.78, 5) is 14.2. The minimum Gasteiger partial charge on any atom is -0.361 e. The number of benzene rings is 1. The Morgan fingerprint density at radius 3 is 2.89 bits per heavy atom. The predicted molar refractivity (Wildman–Crippen MR) is 110 cm³/mol. The van der Waals surface area contributed by atoms with Crippen molar-refractivity contribution in [2.24, 2.45) is 5.10 Å². The van der Waals surface area contributed by atoms with E-state index in [2.05, 4.69) is 41.0 Å². The molecule has 9 nitrogen and oxygen atoms in total. The van der Waals surface area contributed by atoms with Gasteiger partial charge in [0.1, 0.15) is 0 Å². The maximum absolute atomic E-state index is 4.53. The van der Waals surface area contributed by atoms with Crippen molar-refractivity contribution >= 4 is 46.2 Å². The molecule has 1 aliphatic heterocycles. The molecule has 138 valence electrons. The standard InChI is InChI=1S/C19H17N9/c1-11-7-8-15-16(22-11)23-17-18(28(15)2)24-19(27-25-17)26-21-10-12-9-20-14-6-4-3-5-13(12)14/h3-10,20H,1-2H3,(H,22,23,25)(H,24,26,27). The lowest BCUT2D eigenvalue weighted by Gasteiger charge is -2.27. The first-order valence-electron chi connectivity index (χ1n) is 8.77. The van der Waals surface area contributed by atoms with Crippen molar-refractivity contribution in [3.05, 3.63) is 53.9 Å². The van der Waals surface area contributed by atoms with Crippen molar-refractivity contribution in [3.63, 3.8) is 0 Å². The zero-order valence-corrected chi connectivity index (χ0v) is 15.3. The summed E-state index contributed by atoms with van der Waals surface area (Å²) in [6.45, 7) is 1.94. The van der Waals surface area contributed by atoms with Crippen molar-refractivity contribution in [1.29, 1.82) is 0 Å². The Morgan fingerprint density at radius 1 is 1.07 bits per heavy atom. The zero-order chi connectivity index (χ0) is 19.1. The van der Waals surface area contributed by atoms with Crippen molar-refractivity contribution in [2.45, 2.75) is 6.92 Å². The summed E-state index contributed by atoms with van der Waals surface area (Å²) in [5, 5.41) is 16.8. The minimum atomic E-state index is 0.312. The van der Waals surface area contributed by atoms with E-state index < -0.39 is 0 Å². The van der Waals surface area contributed by atoms with Crippen molar-refractivity contribution in [2.75, 3.05) is 22.7 Å². The Labute approximate surface area is 160 Å². The molecular formula is C19H17N9. The Morgan fingerprint density at radius 2 is 1.96 bits per heavy atom. The van der Waals surface area contributed by atoms with Gasteiger partial charge in [0.15, 0.2) is 17.5 Å². The zero-order valence-electron chi connectivity index (χ0n) is 15.3. The molecular weight excluding hydrogens is 354 g/mol. The Kier molecular flexibility index (Phi) is 3.64. The van der Waals surface area contributed by atoms with Crippen LogP contribution in [0.4, 0.5) is 29.1 Å². The van der Waals surface area contributed by atoms with Crippen LogP contribution in [-0.2, 0) is 0 Å². The van der Waals surface area contributed by atoms with E-state index in [9.17, 15) is 0 Å². The number of fused-ring (bicyclic) bond motifs is 3. The second-order valence-corrected chi connectivity index (χ2v) is 6.47. The molecule has 9 heteroatoms. The molecule has 0 unspecified atom stereocenters. The lowest BCUT2D eigenvalue weighted by molar-refractivity contribution is 0.935. The number of aryl methyl sites for hydroxylation is 1. The number of nitrogens with one attached hydrogen (secondary N) is 3. The van der Waals surface area contributed by atoms with Crippen LogP contribution in [0.2, 0.25) is 0 Å². The average Bonchev–Trinajstić information content (AvgIpc) is 3.12. The van der Waals surface area contributed by atoms with Gasteiger partial charge in [-0.2, -0.15) is 10.1 Å². The highest BCUT2D eigenvalue weighted by molar-refractivity contribution is 5.99. The van der Waals surface area contributed by atoms with E-state index in [4.69, 9.17) is 0 Å². The number of anilines is 5. The molecule has 5 rings (SSSR count). The first-order valence-corrected chi connectivity index (χ1v) is 8.77. The number of aromatic nitrogens is 5. The van der Waals surface area contributed by atoms with Gasteiger partial charge >= 0.3 is 0 Å². The summed E-state index contributed by atoms with van der Waals surface area (Å²) in [6, 6.07) is 12.0. The van der Waals surface area contributed by atoms with Gasteiger partial charge < -0.3 is 15.2 Å². The van der Waals surface area contributed by atoms with E-state index in [1.54, 1.807) is 6.21 Å². The topological polar surface area (TPSA) is 107 Å². The van der Waals surface area contributed by atoms with E-state index >= 15 is 0 Å². The fourth-order valence-electron chi connectivity index (χ4n) is 3.18. The molecule has 0 saturated carbocycles. The molecule has 1 aromatic carbocycles. The molecule has 0 fully saturated rings. The van der Waals surface area contributed by atoms with E-state index in [1.807, 2.05) is 61.5 Å². The van der Waals surface area contributed by atoms with Crippen LogP contribution in [0.15, 0.2) is 47.7 Å². The van der Waals surface area contributed by atoms with Crippen LogP contribution >= 0.6 is 0 Å². The van der Waals surface area contributed by atoms with Gasteiger partial charge in [-0.15, -0.1) is 10.2 Å². The number of nitrogens with zero attached hydrogens (tertiary/aromatic N) is 6. The van der Waals surface area contributed by atoms with E-state index in [0.29, 0.717) is 17.6 Å². The van der Waals surface area contributed by atoms with Crippen molar-refractivity contribution in [1.82, 2.24) is 25.1 Å². The Hall–Kier alpha value is -4.01. The van der Waals surface area contributed by atoms with Gasteiger partial charge in [0.2, 0.25) is 0 Å². The van der Waals surface area contributed by atoms with E-state index in [1.165, 1.54) is 0 Å². The second kappa shape index (κ2) is 6.31. The van der Waals surface area contributed by atoms with Crippen LogP contribution in [-0.4, -0.2) is 38.4 Å². The lowest BCUT2D eigenvalue weighted by atomic mass is 10.2. The van der Waals surface area contributed by atoms with Gasteiger partial charge in [-0.25, -0.2) is 10.4 Å². The molecule has 0 saturated heterocycles. The molecule has 4 heterocycles. The quantitative estimate of drug-likeness (QED) is 0.374. The van der Waals surface area contributed by atoms with Crippen LogP contribution in [0.25, 0.3) is 10.9 Å². The van der Waals surface area contributed by atoms with Gasteiger partial charge in [0.25, 0.3) is 5.95 Å². The van der Waals surface area contributed by atoms with Crippen molar-refractivity contribution < 1.29 is 0 Å². The Bertz CT molecular complexity index is 1210. The third kappa shape index (κ3) is 2.69. The fourth-order valence-corrected chi connectivity index (χ4v) is 3.18. The van der Waals surface area contributed by atoms with Crippen LogP contribution in [0.3, 0.4) is 0 Å². The Balaban J connectivity index is 1.39. The molecule has 0 amide bonds. The first-order chi connectivity index (χ1) is 13.7. The average molecular weight is 371 g/mol. The summed E-state index contributed by atoms with van der Waals surface area (Å²) >= 11 is 0. The number of hydrogen-bond donors (Lipinski definition) is 3. The van der Waals surface area contributed by atoms with E-state index in [0.717, 1.165) is 33.7 Å². The number of para-hydroxylation sites is 1. The minimum absolute atomic E-state index is 0.312. The molecule has 0 spiro atoms. The number of rotatable bonds is 3. The SMILES string of the molecule is Cc1ccc2c(n1)Nc1nnc(NN=Cc3c[nH]c4ccccc34)nc1N2C. The summed E-state index contributed by atoms with van der Waals surface area (Å²) in [7, 11) is 1.92. The van der Waals surface area contributed by atoms with Gasteiger partial charge in [-0.3, -0.25) is 0 Å². The normalized spacial score (nSPS) is 12.7. The highest BCUT2D eigenvalue weighted by Crippen LogP contribution is 2.39. The number of hydrazone groups is 1. The summed E-state index contributed by atoms with van der Waals surface area (Å²) in [5.74, 6) is 2.26. The molecule has 4 aromatic rings. The first kappa shape index (κ1) is 16.2. The smallest absolute Gasteiger partial charge is 0.265 e. The third-order valence-corrected chi connectivity index (χ3v) is 4.59. The summed E-state index contributed by atoms with van der Waals surface area (Å²) in [6.07, 6.45) is 3.64. The molecule has 0 radical (unpaired) electrons. The van der Waals surface area contributed by atoms with Crippen LogP contribution < -0.4 is 15.6 Å². The lowest BCUT2D eigenvalue weighted by Crippen LogP contribution is -2.22. The molecule has 28 heavy (non-hydrogen) atoms. The van der Waals surface area contributed by atoms with Crippen LogP contribution in [0.5, 0.6) is 0 Å². The highest BCUT2D eigenvalue weighted by Gasteiger charge is 2.24. The molecule has 1 aliphatic rings. The van der Waals surface area contributed by atoms with Crippen LogP contribution in [0, 0.1) is 6.92 Å². The monoisotopic (exact) mass is 371 g/mol. The summed E-state index contributed by atoms with van der Waals surface area (Å²) in [5.41, 5.74) is 6.74. The van der Waals surface area contributed by atoms with Gasteiger partial charge in [-0.05, 0) is 25.1 Å². The highest BCUT2D eigenvalue weighted by atomic mass is 15.4. The van der Waals surface area contributed by atoms with Gasteiger partial charge in [0.05, 0.1) is 11.9 Å². The van der Waals surface area contributed by atoms with Crippen LogP contribution in [0.1, 0.15) is 11.3 Å². The molecule has 0 bridgehead atoms. The number of H-pyrrole nitrogens is 1. The van der Waals surface area contributed by atoms with Crippen molar-refractivity contribution in [3.8, 4) is 0 Å². The maximum atomic E-state index is 4.53. The third-order valence-electron chi connectivity index (χ3n) is 4.59. The van der Waals surface area contributed by atoms with Gasteiger partial charge in [0, 0.05) is 35.4 Å². The van der Waals surface area contributed by atoms with Gasteiger partial charge in [-0.1, -0.05) is 18.2 Å². The maximum Gasteiger partial charge on any atom is 0.265 e. The number of hydrogen-bond acceptors (Lipinski definition) is 8. The number of aromatic amines is 1. The molecule has 3 aromatic heterocycles. The molecule has 0 aliphatic carbocycles. The molecule has 3 N–H and O–H groups in total. The fraction of sp³-hybridized carbons (Fsp3) is 0.105. The summed E-state index contributed by atoms with van der Waals surface area (Å²) < 4.78 is 0.